The van der Waals surface area contributed by atoms with Crippen LogP contribution >= 0.6 is 0 Å². The van der Waals surface area contributed by atoms with E-state index in [4.69, 9.17) is 0 Å². The number of benzene rings is 2. The Hall–Kier alpha value is -4.08. The van der Waals surface area contributed by atoms with E-state index in [0.29, 0.717) is 24.3 Å². The lowest BCUT2D eigenvalue weighted by atomic mass is 10.1. The van der Waals surface area contributed by atoms with E-state index in [1.807, 2.05) is 31.2 Å². The summed E-state index contributed by atoms with van der Waals surface area (Å²) in [6.07, 6.45) is 1.56. The lowest BCUT2D eigenvalue weighted by molar-refractivity contribution is -0.129. The molecule has 1 saturated heterocycles. The van der Waals surface area contributed by atoms with Gasteiger partial charge < -0.3 is 4.90 Å². The van der Waals surface area contributed by atoms with Gasteiger partial charge in [0.25, 0.3) is 5.91 Å². The van der Waals surface area contributed by atoms with Gasteiger partial charge >= 0.3 is 0 Å². The highest BCUT2D eigenvalue weighted by atomic mass is 16.2. The van der Waals surface area contributed by atoms with Gasteiger partial charge in [0.2, 0.25) is 11.8 Å². The van der Waals surface area contributed by atoms with Crippen molar-refractivity contribution in [2.24, 2.45) is 5.92 Å². The molecule has 1 atom stereocenters. The van der Waals surface area contributed by atoms with Crippen molar-refractivity contribution >= 4 is 17.7 Å². The van der Waals surface area contributed by atoms with Crippen molar-refractivity contribution in [2.75, 3.05) is 6.54 Å². The Kier molecular flexibility index (Phi) is 5.69. The molecule has 3 amide bonds. The molecule has 31 heavy (non-hydrogen) atoms. The summed E-state index contributed by atoms with van der Waals surface area (Å²) in [5, 5.41) is 10.9. The average molecular weight is 419 g/mol. The fourth-order valence-electron chi connectivity index (χ4n) is 3.35. The second kappa shape index (κ2) is 8.74. The molecular formula is C21H21N7O3. The summed E-state index contributed by atoms with van der Waals surface area (Å²) in [5.74, 6) is -1.44. The Morgan fingerprint density at radius 1 is 1.06 bits per heavy atom. The molecule has 10 nitrogen and oxygen atoms in total. The fraction of sp³-hybridized carbons (Fsp3) is 0.238. The number of tetrazole rings is 1. The van der Waals surface area contributed by atoms with Crippen LogP contribution in [-0.4, -0.2) is 49.4 Å². The molecule has 2 heterocycles. The summed E-state index contributed by atoms with van der Waals surface area (Å²) in [5.41, 5.74) is 8.04. The molecule has 3 aromatic rings. The molecule has 1 aromatic heterocycles. The van der Waals surface area contributed by atoms with Gasteiger partial charge in [-0.2, -0.15) is 0 Å². The zero-order valence-electron chi connectivity index (χ0n) is 16.9. The smallest absolute Gasteiger partial charge is 0.269 e. The number of amides is 3. The number of nitrogens with one attached hydrogen (secondary N) is 2. The molecule has 1 aliphatic rings. The highest BCUT2D eigenvalue weighted by molar-refractivity contribution is 5.96. The van der Waals surface area contributed by atoms with Crippen molar-refractivity contribution in [3.63, 3.8) is 0 Å². The van der Waals surface area contributed by atoms with Crippen LogP contribution in [0.3, 0.4) is 0 Å². The predicted molar refractivity (Wildman–Crippen MR) is 109 cm³/mol. The molecule has 2 aromatic carbocycles. The van der Waals surface area contributed by atoms with E-state index in [-0.39, 0.29) is 12.3 Å². The molecule has 1 fully saturated rings. The molecule has 10 heteroatoms. The number of aromatic nitrogens is 4. The number of hydrogen-bond acceptors (Lipinski definition) is 6. The molecule has 0 spiro atoms. The van der Waals surface area contributed by atoms with E-state index >= 15 is 0 Å². The first kappa shape index (κ1) is 20.2. The van der Waals surface area contributed by atoms with E-state index in [0.717, 1.165) is 11.1 Å². The molecule has 0 bridgehead atoms. The Morgan fingerprint density at radius 3 is 2.48 bits per heavy atom. The van der Waals surface area contributed by atoms with E-state index in [2.05, 4.69) is 26.4 Å². The van der Waals surface area contributed by atoms with Gasteiger partial charge in [0.05, 0.1) is 11.6 Å². The van der Waals surface area contributed by atoms with Gasteiger partial charge in [0.1, 0.15) is 6.33 Å². The standard InChI is InChI=1S/C21H21N7O3/c1-14-2-4-15(5-3-14)11-27-12-17(10-19(27)29)21(31)24-23-20(30)16-6-8-18(9-7-16)28-13-22-25-26-28/h2-9,13,17H,10-12H2,1H3,(H,23,30)(H,24,31)/t17-/m0/s1. The minimum Gasteiger partial charge on any atom is -0.338 e. The number of hydrazine groups is 1. The molecule has 0 unspecified atom stereocenters. The van der Waals surface area contributed by atoms with Gasteiger partial charge in [0, 0.05) is 25.1 Å². The second-order valence-electron chi connectivity index (χ2n) is 7.41. The number of carbonyl (C=O) groups excluding carboxylic acids is 3. The van der Waals surface area contributed by atoms with Crippen LogP contribution in [0.1, 0.15) is 27.9 Å². The van der Waals surface area contributed by atoms with Crippen molar-refractivity contribution < 1.29 is 14.4 Å². The third kappa shape index (κ3) is 4.74. The lowest BCUT2D eigenvalue weighted by Gasteiger charge is -2.17. The highest BCUT2D eigenvalue weighted by Gasteiger charge is 2.34. The monoisotopic (exact) mass is 419 g/mol. The van der Waals surface area contributed by atoms with Crippen LogP contribution in [0, 0.1) is 12.8 Å². The van der Waals surface area contributed by atoms with Crippen molar-refractivity contribution in [2.45, 2.75) is 19.9 Å². The van der Waals surface area contributed by atoms with Crippen LogP contribution in [0.25, 0.3) is 5.69 Å². The normalized spacial score (nSPS) is 15.7. The minimum absolute atomic E-state index is 0.0785. The summed E-state index contributed by atoms with van der Waals surface area (Å²) < 4.78 is 1.46. The van der Waals surface area contributed by atoms with Gasteiger partial charge in [-0.25, -0.2) is 4.68 Å². The van der Waals surface area contributed by atoms with E-state index in [1.165, 1.54) is 11.0 Å². The van der Waals surface area contributed by atoms with Gasteiger partial charge in [-0.15, -0.1) is 5.10 Å². The minimum atomic E-state index is -0.513. The van der Waals surface area contributed by atoms with Gasteiger partial charge in [0.15, 0.2) is 0 Å². The first-order chi connectivity index (χ1) is 15.0. The Labute approximate surface area is 178 Å². The molecule has 158 valence electrons. The van der Waals surface area contributed by atoms with Crippen LogP contribution < -0.4 is 10.9 Å². The first-order valence-corrected chi connectivity index (χ1v) is 9.76. The number of rotatable bonds is 5. The quantitative estimate of drug-likeness (QED) is 0.590. The summed E-state index contributed by atoms with van der Waals surface area (Å²) in [6.45, 7) is 2.78. The number of aryl methyl sites for hydroxylation is 1. The molecular weight excluding hydrogens is 398 g/mol. The maximum atomic E-state index is 12.4. The van der Waals surface area contributed by atoms with Crippen molar-refractivity contribution in [1.82, 2.24) is 36.0 Å². The van der Waals surface area contributed by atoms with E-state index in [1.54, 1.807) is 29.2 Å². The predicted octanol–water partition coefficient (Wildman–Crippen LogP) is 0.780. The Bertz CT molecular complexity index is 1080. The van der Waals surface area contributed by atoms with Crippen LogP contribution in [0.2, 0.25) is 0 Å². The fourth-order valence-corrected chi connectivity index (χ4v) is 3.35. The largest absolute Gasteiger partial charge is 0.338 e. The maximum Gasteiger partial charge on any atom is 0.269 e. The number of nitrogens with zero attached hydrogens (tertiary/aromatic N) is 5. The third-order valence-corrected chi connectivity index (χ3v) is 5.12. The second-order valence-corrected chi connectivity index (χ2v) is 7.41. The molecule has 1 aliphatic heterocycles. The van der Waals surface area contributed by atoms with Crippen LogP contribution in [0.4, 0.5) is 0 Å². The SMILES string of the molecule is Cc1ccc(CN2C[C@@H](C(=O)NNC(=O)c3ccc(-n4cnnn4)cc3)CC2=O)cc1. The number of hydrogen-bond donors (Lipinski definition) is 2. The topological polar surface area (TPSA) is 122 Å². The Morgan fingerprint density at radius 2 is 1.81 bits per heavy atom. The average Bonchev–Trinajstić information content (AvgIpc) is 3.44. The van der Waals surface area contributed by atoms with Gasteiger partial charge in [-0.05, 0) is 47.2 Å². The molecule has 0 aliphatic carbocycles. The molecule has 2 N–H and O–H groups in total. The Balaban J connectivity index is 1.29. The summed E-state index contributed by atoms with van der Waals surface area (Å²) in [6, 6.07) is 14.5. The lowest BCUT2D eigenvalue weighted by Crippen LogP contribution is -2.45. The van der Waals surface area contributed by atoms with Crippen molar-refractivity contribution in [3.05, 3.63) is 71.5 Å². The number of carbonyl (C=O) groups is 3. The maximum absolute atomic E-state index is 12.4. The summed E-state index contributed by atoms with van der Waals surface area (Å²) in [7, 11) is 0. The third-order valence-electron chi connectivity index (χ3n) is 5.12. The zero-order chi connectivity index (χ0) is 21.8. The molecule has 0 saturated carbocycles. The highest BCUT2D eigenvalue weighted by Crippen LogP contribution is 2.20. The molecule has 0 radical (unpaired) electrons. The molecule has 4 rings (SSSR count). The number of likely N-dealkylation sites (tertiary alicyclic amines) is 1. The van der Waals surface area contributed by atoms with Crippen LogP contribution in [0.15, 0.2) is 54.9 Å². The van der Waals surface area contributed by atoms with Crippen molar-refractivity contribution in [1.29, 1.82) is 0 Å². The summed E-state index contributed by atoms with van der Waals surface area (Å²) in [4.78, 5) is 38.7. The zero-order valence-corrected chi connectivity index (χ0v) is 16.9. The summed E-state index contributed by atoms with van der Waals surface area (Å²) >= 11 is 0. The van der Waals surface area contributed by atoms with Gasteiger partial charge in [-0.1, -0.05) is 29.8 Å². The van der Waals surface area contributed by atoms with Crippen molar-refractivity contribution in [3.8, 4) is 5.69 Å². The van der Waals surface area contributed by atoms with Gasteiger partial charge in [-0.3, -0.25) is 25.2 Å². The van der Waals surface area contributed by atoms with Crippen LogP contribution in [0.5, 0.6) is 0 Å². The van der Waals surface area contributed by atoms with Crippen LogP contribution in [-0.2, 0) is 16.1 Å². The first-order valence-electron chi connectivity index (χ1n) is 9.76. The van der Waals surface area contributed by atoms with E-state index < -0.39 is 17.7 Å². The van der Waals surface area contributed by atoms with E-state index in [9.17, 15) is 14.4 Å².